The van der Waals surface area contributed by atoms with Gasteiger partial charge in [0.1, 0.15) is 0 Å². The van der Waals surface area contributed by atoms with E-state index in [0.29, 0.717) is 17.9 Å². The number of benzene rings is 2. The highest BCUT2D eigenvalue weighted by Gasteiger charge is 2.15. The van der Waals surface area contributed by atoms with Gasteiger partial charge >= 0.3 is 0 Å². The largest absolute Gasteiger partial charge is 0.305 e. The molecule has 0 aliphatic rings. The van der Waals surface area contributed by atoms with Crippen molar-refractivity contribution in [3.8, 4) is 0 Å². The first kappa shape index (κ1) is 16.4. The third-order valence-corrected chi connectivity index (χ3v) is 3.74. The number of hydrogen-bond acceptors (Lipinski definition) is 4. The SMILES string of the molecule is Cc1ccc(C(=O)Nc2ccn(Cc3ccccc3)n2)cc1[N+](=O)[O-]. The van der Waals surface area contributed by atoms with Crippen molar-refractivity contribution in [1.29, 1.82) is 0 Å². The summed E-state index contributed by atoms with van der Waals surface area (Å²) in [6, 6.07) is 15.9. The van der Waals surface area contributed by atoms with E-state index in [9.17, 15) is 14.9 Å². The van der Waals surface area contributed by atoms with Crippen molar-refractivity contribution in [2.45, 2.75) is 13.5 Å². The molecule has 3 aromatic rings. The van der Waals surface area contributed by atoms with E-state index in [-0.39, 0.29) is 11.3 Å². The first-order valence-corrected chi connectivity index (χ1v) is 7.67. The van der Waals surface area contributed by atoms with Crippen LogP contribution < -0.4 is 5.32 Å². The fourth-order valence-corrected chi connectivity index (χ4v) is 2.42. The minimum absolute atomic E-state index is 0.0812. The molecule has 0 saturated carbocycles. The van der Waals surface area contributed by atoms with Gasteiger partial charge in [0.2, 0.25) is 0 Å². The summed E-state index contributed by atoms with van der Waals surface area (Å²) in [5, 5.41) is 17.9. The number of rotatable bonds is 5. The summed E-state index contributed by atoms with van der Waals surface area (Å²) in [4.78, 5) is 22.8. The Morgan fingerprint density at radius 2 is 1.96 bits per heavy atom. The minimum atomic E-state index is -0.499. The molecule has 7 heteroatoms. The van der Waals surface area contributed by atoms with Crippen LogP contribution in [0, 0.1) is 17.0 Å². The van der Waals surface area contributed by atoms with Gasteiger partial charge in [-0.25, -0.2) is 0 Å². The second-order valence-electron chi connectivity index (χ2n) is 5.60. The number of anilines is 1. The molecule has 7 nitrogen and oxygen atoms in total. The molecule has 1 N–H and O–H groups in total. The van der Waals surface area contributed by atoms with E-state index in [0.717, 1.165) is 5.56 Å². The van der Waals surface area contributed by atoms with Crippen LogP contribution in [0.1, 0.15) is 21.5 Å². The van der Waals surface area contributed by atoms with Gasteiger partial charge in [-0.05, 0) is 18.6 Å². The van der Waals surface area contributed by atoms with Crippen molar-refractivity contribution in [1.82, 2.24) is 9.78 Å². The van der Waals surface area contributed by atoms with E-state index in [2.05, 4.69) is 10.4 Å². The summed E-state index contributed by atoms with van der Waals surface area (Å²) in [6.45, 7) is 2.22. The van der Waals surface area contributed by atoms with Crippen molar-refractivity contribution in [3.05, 3.63) is 87.6 Å². The molecular weight excluding hydrogens is 320 g/mol. The van der Waals surface area contributed by atoms with Crippen LogP contribution in [0.5, 0.6) is 0 Å². The molecule has 25 heavy (non-hydrogen) atoms. The predicted molar refractivity (Wildman–Crippen MR) is 93.6 cm³/mol. The Bertz CT molecular complexity index is 919. The van der Waals surface area contributed by atoms with Crippen molar-refractivity contribution < 1.29 is 9.72 Å². The Balaban J connectivity index is 1.71. The van der Waals surface area contributed by atoms with Gasteiger partial charge in [-0.2, -0.15) is 5.10 Å². The molecule has 0 radical (unpaired) electrons. The molecule has 0 saturated heterocycles. The van der Waals surface area contributed by atoms with E-state index < -0.39 is 10.8 Å². The average Bonchev–Trinajstić information content (AvgIpc) is 3.02. The second-order valence-corrected chi connectivity index (χ2v) is 5.60. The predicted octanol–water partition coefficient (Wildman–Crippen LogP) is 3.40. The maximum absolute atomic E-state index is 12.3. The molecule has 2 aromatic carbocycles. The number of carbonyl (C=O) groups is 1. The zero-order chi connectivity index (χ0) is 17.8. The monoisotopic (exact) mass is 336 g/mol. The van der Waals surface area contributed by atoms with Crippen LogP contribution in [0.15, 0.2) is 60.8 Å². The van der Waals surface area contributed by atoms with Crippen molar-refractivity contribution >= 4 is 17.4 Å². The Kier molecular flexibility index (Phi) is 4.56. The number of nitrogens with zero attached hydrogens (tertiary/aromatic N) is 3. The van der Waals surface area contributed by atoms with Gasteiger partial charge in [0.05, 0.1) is 11.5 Å². The van der Waals surface area contributed by atoms with Gasteiger partial charge in [-0.3, -0.25) is 19.6 Å². The Morgan fingerprint density at radius 1 is 1.20 bits per heavy atom. The Morgan fingerprint density at radius 3 is 2.68 bits per heavy atom. The minimum Gasteiger partial charge on any atom is -0.305 e. The zero-order valence-electron chi connectivity index (χ0n) is 13.5. The summed E-state index contributed by atoms with van der Waals surface area (Å²) in [5.41, 5.74) is 1.74. The van der Waals surface area contributed by atoms with E-state index in [1.807, 2.05) is 30.3 Å². The number of carbonyl (C=O) groups excluding carboxylic acids is 1. The third kappa shape index (κ3) is 3.89. The molecule has 0 bridgehead atoms. The number of nitrogens with one attached hydrogen (secondary N) is 1. The number of aromatic nitrogens is 2. The molecule has 0 fully saturated rings. The van der Waals surface area contributed by atoms with Crippen molar-refractivity contribution in [2.24, 2.45) is 0 Å². The highest BCUT2D eigenvalue weighted by molar-refractivity contribution is 6.04. The third-order valence-electron chi connectivity index (χ3n) is 3.74. The Hall–Kier alpha value is -3.48. The summed E-state index contributed by atoms with van der Waals surface area (Å²) < 4.78 is 1.71. The lowest BCUT2D eigenvalue weighted by Crippen LogP contribution is -2.13. The van der Waals surface area contributed by atoms with E-state index >= 15 is 0 Å². The Labute approximate surface area is 144 Å². The van der Waals surface area contributed by atoms with Crippen LogP contribution in [0.2, 0.25) is 0 Å². The highest BCUT2D eigenvalue weighted by atomic mass is 16.6. The number of nitro benzene ring substituents is 1. The molecule has 0 unspecified atom stereocenters. The summed E-state index contributed by atoms with van der Waals surface area (Å²) >= 11 is 0. The number of hydrogen-bond donors (Lipinski definition) is 1. The van der Waals surface area contributed by atoms with Gasteiger partial charge in [0, 0.05) is 29.5 Å². The van der Waals surface area contributed by atoms with Crippen LogP contribution in [-0.4, -0.2) is 20.6 Å². The lowest BCUT2D eigenvalue weighted by Gasteiger charge is -2.04. The first-order valence-electron chi connectivity index (χ1n) is 7.67. The van der Waals surface area contributed by atoms with Gasteiger partial charge in [0.25, 0.3) is 11.6 Å². The maximum atomic E-state index is 12.3. The second kappa shape index (κ2) is 6.96. The standard InChI is InChI=1S/C18H16N4O3/c1-13-7-8-15(11-16(13)22(24)25)18(23)19-17-9-10-21(20-17)12-14-5-3-2-4-6-14/h2-11H,12H2,1H3,(H,19,20,23). The lowest BCUT2D eigenvalue weighted by molar-refractivity contribution is -0.385. The fraction of sp³-hybridized carbons (Fsp3) is 0.111. The summed E-state index contributed by atoms with van der Waals surface area (Å²) in [6.07, 6.45) is 1.76. The fourth-order valence-electron chi connectivity index (χ4n) is 2.42. The van der Waals surface area contributed by atoms with E-state index in [1.54, 1.807) is 36.0 Å². The number of nitro groups is 1. The number of amides is 1. The van der Waals surface area contributed by atoms with Crippen LogP contribution in [0.3, 0.4) is 0 Å². The van der Waals surface area contributed by atoms with Gasteiger partial charge in [-0.15, -0.1) is 0 Å². The van der Waals surface area contributed by atoms with Gasteiger partial charge < -0.3 is 5.32 Å². The molecule has 0 atom stereocenters. The molecule has 1 aromatic heterocycles. The molecule has 0 aliphatic carbocycles. The first-order chi connectivity index (χ1) is 12.0. The number of aryl methyl sites for hydroxylation is 1. The molecule has 126 valence electrons. The van der Waals surface area contributed by atoms with Crippen LogP contribution in [0.25, 0.3) is 0 Å². The van der Waals surface area contributed by atoms with Crippen LogP contribution in [0.4, 0.5) is 11.5 Å². The molecular formula is C18H16N4O3. The molecule has 1 heterocycles. The smallest absolute Gasteiger partial charge is 0.273 e. The van der Waals surface area contributed by atoms with E-state index in [4.69, 9.17) is 0 Å². The zero-order valence-corrected chi connectivity index (χ0v) is 13.5. The van der Waals surface area contributed by atoms with E-state index in [1.165, 1.54) is 6.07 Å². The maximum Gasteiger partial charge on any atom is 0.273 e. The molecule has 1 amide bonds. The van der Waals surface area contributed by atoms with Gasteiger partial charge in [0.15, 0.2) is 5.82 Å². The molecule has 3 rings (SSSR count). The summed E-state index contributed by atoms with van der Waals surface area (Å²) in [5.74, 6) is -0.0442. The lowest BCUT2D eigenvalue weighted by atomic mass is 10.1. The quantitative estimate of drug-likeness (QED) is 0.571. The topological polar surface area (TPSA) is 90.1 Å². The van der Waals surface area contributed by atoms with Crippen LogP contribution in [-0.2, 0) is 6.54 Å². The molecule has 0 spiro atoms. The van der Waals surface area contributed by atoms with Crippen molar-refractivity contribution in [2.75, 3.05) is 5.32 Å². The average molecular weight is 336 g/mol. The summed E-state index contributed by atoms with van der Waals surface area (Å²) in [7, 11) is 0. The van der Waals surface area contributed by atoms with Crippen molar-refractivity contribution in [3.63, 3.8) is 0 Å². The molecule has 0 aliphatic heterocycles. The normalized spacial score (nSPS) is 10.4. The highest BCUT2D eigenvalue weighted by Crippen LogP contribution is 2.20. The van der Waals surface area contributed by atoms with Crippen LogP contribution >= 0.6 is 0 Å². The van der Waals surface area contributed by atoms with Gasteiger partial charge in [-0.1, -0.05) is 36.4 Å².